The Bertz CT molecular complexity index is 492. The van der Waals surface area contributed by atoms with Crippen LogP contribution in [0.3, 0.4) is 0 Å². The minimum Gasteiger partial charge on any atom is -0.490 e. The molecule has 1 saturated heterocycles. The molecule has 2 aliphatic heterocycles. The third kappa shape index (κ3) is 3.16. The van der Waals surface area contributed by atoms with Gasteiger partial charge in [0.1, 0.15) is 0 Å². The minimum absolute atomic E-state index is 0.279. The lowest BCUT2D eigenvalue weighted by Gasteiger charge is -2.39. The third-order valence-electron chi connectivity index (χ3n) is 4.85. The maximum Gasteiger partial charge on any atom is 0.161 e. The van der Waals surface area contributed by atoms with Crippen LogP contribution in [0.25, 0.3) is 0 Å². The van der Waals surface area contributed by atoms with E-state index in [1.165, 1.54) is 12.0 Å². The number of hydrogen-bond acceptors (Lipinski definition) is 4. The summed E-state index contributed by atoms with van der Waals surface area (Å²) in [6, 6.07) is 6.97. The van der Waals surface area contributed by atoms with Crippen LogP contribution in [0.2, 0.25) is 0 Å². The maximum absolute atomic E-state index is 6.23. The topological polar surface area (TPSA) is 47.7 Å². The fourth-order valence-corrected chi connectivity index (χ4v) is 3.13. The second-order valence-corrected chi connectivity index (χ2v) is 6.36. The van der Waals surface area contributed by atoms with E-state index in [4.69, 9.17) is 15.2 Å². The SMILES string of the molecule is CC1CCN(C(C)c2ccc3c(c2)OCCCO3)CC1N. The lowest BCUT2D eigenvalue weighted by Crippen LogP contribution is -2.48. The predicted molar refractivity (Wildman–Crippen MR) is 83.8 cm³/mol. The van der Waals surface area contributed by atoms with Gasteiger partial charge in [0, 0.05) is 25.0 Å². The molecule has 1 fully saturated rings. The molecule has 0 aliphatic carbocycles. The molecule has 0 amide bonds. The maximum atomic E-state index is 6.23. The van der Waals surface area contributed by atoms with E-state index in [9.17, 15) is 0 Å². The smallest absolute Gasteiger partial charge is 0.161 e. The molecule has 4 heteroatoms. The number of piperidine rings is 1. The molecule has 21 heavy (non-hydrogen) atoms. The first-order valence-corrected chi connectivity index (χ1v) is 8.04. The lowest BCUT2D eigenvalue weighted by atomic mass is 9.92. The van der Waals surface area contributed by atoms with Gasteiger partial charge in [-0.15, -0.1) is 0 Å². The Hall–Kier alpha value is -1.26. The van der Waals surface area contributed by atoms with Crippen LogP contribution in [0, 0.1) is 5.92 Å². The second kappa shape index (κ2) is 6.24. The van der Waals surface area contributed by atoms with Crippen LogP contribution >= 0.6 is 0 Å². The number of ether oxygens (including phenoxy) is 2. The van der Waals surface area contributed by atoms with Gasteiger partial charge in [0.05, 0.1) is 13.2 Å². The van der Waals surface area contributed by atoms with Crippen LogP contribution in [0.15, 0.2) is 18.2 Å². The van der Waals surface area contributed by atoms with E-state index in [1.54, 1.807) is 0 Å². The van der Waals surface area contributed by atoms with Crippen molar-refractivity contribution in [2.75, 3.05) is 26.3 Å². The summed E-state index contributed by atoms with van der Waals surface area (Å²) in [6.45, 7) is 8.06. The average molecular weight is 290 g/mol. The van der Waals surface area contributed by atoms with E-state index < -0.39 is 0 Å². The van der Waals surface area contributed by atoms with Crippen molar-refractivity contribution >= 4 is 0 Å². The largest absolute Gasteiger partial charge is 0.490 e. The fourth-order valence-electron chi connectivity index (χ4n) is 3.13. The lowest BCUT2D eigenvalue weighted by molar-refractivity contribution is 0.128. The second-order valence-electron chi connectivity index (χ2n) is 6.36. The zero-order valence-electron chi connectivity index (χ0n) is 13.0. The normalized spacial score (nSPS) is 28.0. The number of nitrogens with zero attached hydrogens (tertiary/aromatic N) is 1. The van der Waals surface area contributed by atoms with Crippen molar-refractivity contribution in [1.29, 1.82) is 0 Å². The number of hydrogen-bond donors (Lipinski definition) is 1. The molecular formula is C17H26N2O2. The van der Waals surface area contributed by atoms with Crippen molar-refractivity contribution < 1.29 is 9.47 Å². The van der Waals surface area contributed by atoms with Gasteiger partial charge in [-0.25, -0.2) is 0 Å². The summed E-state index contributed by atoms with van der Waals surface area (Å²) >= 11 is 0. The molecular weight excluding hydrogens is 264 g/mol. The highest BCUT2D eigenvalue weighted by atomic mass is 16.5. The van der Waals surface area contributed by atoms with Gasteiger partial charge in [0.2, 0.25) is 0 Å². The highest BCUT2D eigenvalue weighted by molar-refractivity contribution is 5.44. The molecule has 2 N–H and O–H groups in total. The van der Waals surface area contributed by atoms with Crippen LogP contribution in [-0.4, -0.2) is 37.2 Å². The van der Waals surface area contributed by atoms with Crippen molar-refractivity contribution in [2.45, 2.75) is 38.8 Å². The predicted octanol–water partition coefficient (Wildman–Crippen LogP) is 2.58. The molecule has 3 unspecified atom stereocenters. The molecule has 1 aromatic carbocycles. The first-order chi connectivity index (χ1) is 10.1. The van der Waals surface area contributed by atoms with Crippen LogP contribution in [0.5, 0.6) is 11.5 Å². The summed E-state index contributed by atoms with van der Waals surface area (Å²) in [5.41, 5.74) is 7.51. The Balaban J connectivity index is 1.75. The van der Waals surface area contributed by atoms with Gasteiger partial charge in [-0.05, 0) is 43.5 Å². The Morgan fingerprint density at radius 1 is 1.24 bits per heavy atom. The Morgan fingerprint density at radius 3 is 2.76 bits per heavy atom. The molecule has 2 aliphatic rings. The Morgan fingerprint density at radius 2 is 2.00 bits per heavy atom. The minimum atomic E-state index is 0.279. The highest BCUT2D eigenvalue weighted by Crippen LogP contribution is 2.34. The first-order valence-electron chi connectivity index (χ1n) is 8.04. The zero-order valence-corrected chi connectivity index (χ0v) is 13.0. The Labute approximate surface area is 127 Å². The molecule has 3 rings (SSSR count). The molecule has 3 atom stereocenters. The summed E-state index contributed by atoms with van der Waals surface area (Å²) in [5, 5.41) is 0. The molecule has 116 valence electrons. The van der Waals surface area contributed by atoms with E-state index in [0.717, 1.165) is 44.2 Å². The standard InChI is InChI=1S/C17H26N2O2/c1-12-6-7-19(11-15(12)18)13(2)14-4-5-16-17(10-14)21-9-3-8-20-16/h4-5,10,12-13,15H,3,6-9,11,18H2,1-2H3. The van der Waals surface area contributed by atoms with E-state index in [0.29, 0.717) is 12.0 Å². The molecule has 0 spiro atoms. The summed E-state index contributed by atoms with van der Waals surface area (Å²) in [7, 11) is 0. The number of rotatable bonds is 2. The van der Waals surface area contributed by atoms with E-state index in [1.807, 2.05) is 6.07 Å². The molecule has 1 aromatic rings. The third-order valence-corrected chi connectivity index (χ3v) is 4.85. The number of fused-ring (bicyclic) bond motifs is 1. The fraction of sp³-hybridized carbons (Fsp3) is 0.647. The van der Waals surface area contributed by atoms with Gasteiger partial charge < -0.3 is 15.2 Å². The van der Waals surface area contributed by atoms with Crippen LogP contribution in [0.1, 0.15) is 38.3 Å². The number of benzene rings is 1. The van der Waals surface area contributed by atoms with Gasteiger partial charge in [-0.1, -0.05) is 13.0 Å². The Kier molecular flexibility index (Phi) is 4.36. The van der Waals surface area contributed by atoms with Crippen molar-refractivity contribution in [3.05, 3.63) is 23.8 Å². The van der Waals surface area contributed by atoms with Gasteiger partial charge >= 0.3 is 0 Å². The van der Waals surface area contributed by atoms with Crippen molar-refractivity contribution in [2.24, 2.45) is 11.7 Å². The van der Waals surface area contributed by atoms with Crippen LogP contribution in [-0.2, 0) is 0 Å². The number of likely N-dealkylation sites (tertiary alicyclic amines) is 1. The molecule has 4 nitrogen and oxygen atoms in total. The molecule has 0 bridgehead atoms. The summed E-state index contributed by atoms with van der Waals surface area (Å²) in [5.74, 6) is 2.37. The average Bonchev–Trinajstić information content (AvgIpc) is 2.73. The zero-order chi connectivity index (χ0) is 14.8. The van der Waals surface area contributed by atoms with Crippen LogP contribution < -0.4 is 15.2 Å². The molecule has 0 radical (unpaired) electrons. The molecule has 0 saturated carbocycles. The van der Waals surface area contributed by atoms with Crippen LogP contribution in [0.4, 0.5) is 0 Å². The van der Waals surface area contributed by atoms with Crippen molar-refractivity contribution in [1.82, 2.24) is 4.90 Å². The first kappa shape index (κ1) is 14.7. The van der Waals surface area contributed by atoms with Crippen molar-refractivity contribution in [3.8, 4) is 11.5 Å². The summed E-state index contributed by atoms with van der Waals surface area (Å²) in [4.78, 5) is 2.48. The summed E-state index contributed by atoms with van der Waals surface area (Å²) < 4.78 is 11.5. The summed E-state index contributed by atoms with van der Waals surface area (Å²) in [6.07, 6.45) is 2.12. The van der Waals surface area contributed by atoms with Gasteiger partial charge in [-0.3, -0.25) is 4.90 Å². The van der Waals surface area contributed by atoms with E-state index in [-0.39, 0.29) is 6.04 Å². The van der Waals surface area contributed by atoms with Gasteiger partial charge in [0.25, 0.3) is 0 Å². The highest BCUT2D eigenvalue weighted by Gasteiger charge is 2.27. The van der Waals surface area contributed by atoms with Crippen molar-refractivity contribution in [3.63, 3.8) is 0 Å². The van der Waals surface area contributed by atoms with Gasteiger partial charge in [-0.2, -0.15) is 0 Å². The van der Waals surface area contributed by atoms with E-state index >= 15 is 0 Å². The quantitative estimate of drug-likeness (QED) is 0.909. The van der Waals surface area contributed by atoms with E-state index in [2.05, 4.69) is 30.9 Å². The molecule has 2 heterocycles. The number of nitrogens with two attached hydrogens (primary N) is 1. The monoisotopic (exact) mass is 290 g/mol. The molecule has 0 aromatic heterocycles. The van der Waals surface area contributed by atoms with Gasteiger partial charge in [0.15, 0.2) is 11.5 Å².